The molecule has 0 radical (unpaired) electrons. The summed E-state index contributed by atoms with van der Waals surface area (Å²) in [6, 6.07) is 3.72. The number of aliphatic hydroxyl groups excluding tert-OH is 1. The number of amides is 1. The predicted octanol–water partition coefficient (Wildman–Crippen LogP) is 2.01. The van der Waals surface area contributed by atoms with Crippen LogP contribution in [0.2, 0.25) is 0 Å². The summed E-state index contributed by atoms with van der Waals surface area (Å²) in [5.74, 6) is -0.110. The summed E-state index contributed by atoms with van der Waals surface area (Å²) in [5.41, 5.74) is 0.901. The lowest BCUT2D eigenvalue weighted by atomic mass is 9.88. The second kappa shape index (κ2) is 7.69. The summed E-state index contributed by atoms with van der Waals surface area (Å²) < 4.78 is 0. The molecule has 1 amide bonds. The number of hydrogen-bond acceptors (Lipinski definition) is 3. The monoisotopic (exact) mass is 262 g/mol. The van der Waals surface area contributed by atoms with Crippen LogP contribution in [0.5, 0.6) is 0 Å². The number of carbonyl (C=O) groups excluding carboxylic acids is 1. The van der Waals surface area contributed by atoms with Crippen molar-refractivity contribution in [2.45, 2.75) is 26.7 Å². The average molecular weight is 262 g/mol. The first kappa shape index (κ1) is 15.4. The maximum atomic E-state index is 11.7. The topological polar surface area (TPSA) is 62.2 Å². The molecule has 0 saturated carbocycles. The van der Waals surface area contributed by atoms with E-state index in [1.165, 1.54) is 6.08 Å². The van der Waals surface area contributed by atoms with Gasteiger partial charge in [0.2, 0.25) is 5.91 Å². The third-order valence-electron chi connectivity index (χ3n) is 2.86. The predicted molar refractivity (Wildman–Crippen MR) is 76.4 cm³/mol. The minimum absolute atomic E-state index is 0.000528. The summed E-state index contributed by atoms with van der Waals surface area (Å²) in [6.45, 7) is 4.95. The summed E-state index contributed by atoms with van der Waals surface area (Å²) in [5, 5.41) is 11.7. The number of carbonyl (C=O) groups is 1. The SMILES string of the molecule is CC(C)(CCCO)CNC(=O)/C=C/c1cccnc1. The standard InChI is InChI=1S/C15H22N2O2/c1-15(2,8-4-10-18)12-17-14(19)7-6-13-5-3-9-16-11-13/h3,5-7,9,11,18H,4,8,10,12H2,1-2H3,(H,17,19)/b7-6+. The molecule has 104 valence electrons. The highest BCUT2D eigenvalue weighted by Gasteiger charge is 2.17. The second-order valence-corrected chi connectivity index (χ2v) is 5.33. The number of nitrogens with zero attached hydrogens (tertiary/aromatic N) is 1. The number of nitrogens with one attached hydrogen (secondary N) is 1. The van der Waals surface area contributed by atoms with Crippen molar-refractivity contribution in [3.8, 4) is 0 Å². The first-order valence-corrected chi connectivity index (χ1v) is 6.50. The Labute approximate surface area is 114 Å². The molecule has 19 heavy (non-hydrogen) atoms. The first-order chi connectivity index (χ1) is 9.03. The van der Waals surface area contributed by atoms with Crippen molar-refractivity contribution >= 4 is 12.0 Å². The molecule has 0 unspecified atom stereocenters. The van der Waals surface area contributed by atoms with E-state index >= 15 is 0 Å². The molecule has 1 aromatic rings. The molecular weight excluding hydrogens is 240 g/mol. The Morgan fingerprint density at radius 2 is 2.32 bits per heavy atom. The zero-order valence-corrected chi connectivity index (χ0v) is 11.6. The van der Waals surface area contributed by atoms with Gasteiger partial charge in [0.25, 0.3) is 0 Å². The van der Waals surface area contributed by atoms with Crippen LogP contribution in [-0.2, 0) is 4.79 Å². The van der Waals surface area contributed by atoms with Crippen LogP contribution < -0.4 is 5.32 Å². The molecule has 0 bridgehead atoms. The molecule has 1 aromatic heterocycles. The zero-order valence-electron chi connectivity index (χ0n) is 11.6. The third kappa shape index (κ3) is 6.72. The Morgan fingerprint density at radius 1 is 1.53 bits per heavy atom. The highest BCUT2D eigenvalue weighted by molar-refractivity contribution is 5.91. The van der Waals surface area contributed by atoms with Crippen molar-refractivity contribution in [3.05, 3.63) is 36.2 Å². The van der Waals surface area contributed by atoms with Crippen molar-refractivity contribution in [3.63, 3.8) is 0 Å². The summed E-state index contributed by atoms with van der Waals surface area (Å²) in [4.78, 5) is 15.6. The smallest absolute Gasteiger partial charge is 0.244 e. The minimum Gasteiger partial charge on any atom is -0.396 e. The minimum atomic E-state index is -0.110. The van der Waals surface area contributed by atoms with Crippen molar-refractivity contribution in [1.82, 2.24) is 10.3 Å². The average Bonchev–Trinajstić information content (AvgIpc) is 2.42. The van der Waals surface area contributed by atoms with Crippen LogP contribution in [0.3, 0.4) is 0 Å². The van der Waals surface area contributed by atoms with Gasteiger partial charge in [-0.2, -0.15) is 0 Å². The largest absolute Gasteiger partial charge is 0.396 e. The van der Waals surface area contributed by atoms with E-state index in [0.717, 1.165) is 18.4 Å². The molecule has 0 spiro atoms. The first-order valence-electron chi connectivity index (χ1n) is 6.50. The van der Waals surface area contributed by atoms with Gasteiger partial charge in [-0.1, -0.05) is 19.9 Å². The van der Waals surface area contributed by atoms with Gasteiger partial charge < -0.3 is 10.4 Å². The van der Waals surface area contributed by atoms with E-state index in [9.17, 15) is 4.79 Å². The molecule has 0 aliphatic heterocycles. The number of rotatable bonds is 7. The number of aliphatic hydroxyl groups is 1. The fourth-order valence-corrected chi connectivity index (χ4v) is 1.68. The Balaban J connectivity index is 2.37. The van der Waals surface area contributed by atoms with E-state index in [1.807, 2.05) is 12.1 Å². The Kier molecular flexibility index (Phi) is 6.22. The normalized spacial score (nSPS) is 11.7. The highest BCUT2D eigenvalue weighted by atomic mass is 16.2. The van der Waals surface area contributed by atoms with Gasteiger partial charge in [0.1, 0.15) is 0 Å². The van der Waals surface area contributed by atoms with Crippen LogP contribution in [0.4, 0.5) is 0 Å². The molecule has 4 nitrogen and oxygen atoms in total. The van der Waals surface area contributed by atoms with E-state index in [4.69, 9.17) is 5.11 Å². The van der Waals surface area contributed by atoms with E-state index in [1.54, 1.807) is 18.5 Å². The molecule has 0 aliphatic rings. The Morgan fingerprint density at radius 3 is 2.95 bits per heavy atom. The maximum Gasteiger partial charge on any atom is 0.244 e. The van der Waals surface area contributed by atoms with Crippen molar-refractivity contribution in [2.75, 3.05) is 13.2 Å². The van der Waals surface area contributed by atoms with Gasteiger partial charge in [0, 0.05) is 31.6 Å². The van der Waals surface area contributed by atoms with Gasteiger partial charge in [-0.15, -0.1) is 0 Å². The molecule has 2 N–H and O–H groups in total. The summed E-state index contributed by atoms with van der Waals surface area (Å²) >= 11 is 0. The summed E-state index contributed by atoms with van der Waals surface area (Å²) in [6.07, 6.45) is 8.29. The van der Waals surface area contributed by atoms with Crippen LogP contribution in [0.25, 0.3) is 6.08 Å². The van der Waals surface area contributed by atoms with E-state index in [2.05, 4.69) is 24.1 Å². The van der Waals surface area contributed by atoms with Gasteiger partial charge in [-0.05, 0) is 36.0 Å². The number of hydrogen-bond donors (Lipinski definition) is 2. The van der Waals surface area contributed by atoms with E-state index in [0.29, 0.717) is 6.54 Å². The molecule has 0 aliphatic carbocycles. The molecular formula is C15H22N2O2. The number of pyridine rings is 1. The Hall–Kier alpha value is -1.68. The fourth-order valence-electron chi connectivity index (χ4n) is 1.68. The lowest BCUT2D eigenvalue weighted by Gasteiger charge is -2.24. The molecule has 0 aromatic carbocycles. The van der Waals surface area contributed by atoms with E-state index in [-0.39, 0.29) is 17.9 Å². The molecule has 0 atom stereocenters. The van der Waals surface area contributed by atoms with Crippen LogP contribution in [0, 0.1) is 5.41 Å². The van der Waals surface area contributed by atoms with Crippen LogP contribution in [0.1, 0.15) is 32.3 Å². The summed E-state index contributed by atoms with van der Waals surface area (Å²) in [7, 11) is 0. The van der Waals surface area contributed by atoms with Gasteiger partial charge >= 0.3 is 0 Å². The van der Waals surface area contributed by atoms with Crippen LogP contribution in [-0.4, -0.2) is 29.1 Å². The second-order valence-electron chi connectivity index (χ2n) is 5.33. The molecule has 0 saturated heterocycles. The van der Waals surface area contributed by atoms with Crippen molar-refractivity contribution < 1.29 is 9.90 Å². The molecule has 4 heteroatoms. The van der Waals surface area contributed by atoms with Crippen molar-refractivity contribution in [2.24, 2.45) is 5.41 Å². The lowest BCUT2D eigenvalue weighted by molar-refractivity contribution is -0.116. The van der Waals surface area contributed by atoms with Crippen molar-refractivity contribution in [1.29, 1.82) is 0 Å². The van der Waals surface area contributed by atoms with Gasteiger partial charge in [0.15, 0.2) is 0 Å². The van der Waals surface area contributed by atoms with Crippen LogP contribution in [0.15, 0.2) is 30.6 Å². The van der Waals surface area contributed by atoms with Gasteiger partial charge in [-0.25, -0.2) is 0 Å². The fraction of sp³-hybridized carbons (Fsp3) is 0.467. The number of aromatic nitrogens is 1. The maximum absolute atomic E-state index is 11.7. The Bertz CT molecular complexity index is 413. The van der Waals surface area contributed by atoms with E-state index < -0.39 is 0 Å². The zero-order chi connectivity index (χ0) is 14.1. The lowest BCUT2D eigenvalue weighted by Crippen LogP contribution is -2.33. The third-order valence-corrected chi connectivity index (χ3v) is 2.86. The molecule has 0 fully saturated rings. The quantitative estimate of drug-likeness (QED) is 0.739. The van der Waals surface area contributed by atoms with Gasteiger partial charge in [0.05, 0.1) is 0 Å². The van der Waals surface area contributed by atoms with Crippen LogP contribution >= 0.6 is 0 Å². The van der Waals surface area contributed by atoms with Gasteiger partial charge in [-0.3, -0.25) is 9.78 Å². The highest BCUT2D eigenvalue weighted by Crippen LogP contribution is 2.20. The molecule has 1 heterocycles. The molecule has 1 rings (SSSR count).